The van der Waals surface area contributed by atoms with E-state index in [1.54, 1.807) is 0 Å². The molecule has 13 aliphatic carbocycles. The van der Waals surface area contributed by atoms with Gasteiger partial charge in [0.05, 0.1) is 6.07 Å². The monoisotopic (exact) mass is 697 g/mol. The van der Waals surface area contributed by atoms with Gasteiger partial charge in [-0.25, -0.2) is 0 Å². The molecule has 0 aromatic carbocycles. The van der Waals surface area contributed by atoms with Gasteiger partial charge in [-0.05, 0) is 219 Å². The Kier molecular flexibility index (Phi) is 7.84. The highest BCUT2D eigenvalue weighted by atomic mass is 15.1. The molecule has 0 amide bonds. The van der Waals surface area contributed by atoms with E-state index in [9.17, 15) is 5.26 Å². The van der Waals surface area contributed by atoms with Gasteiger partial charge in [0, 0.05) is 47.8 Å². The molecule has 51 heavy (non-hydrogen) atoms. The molecule has 8 bridgehead atoms. The Hall–Kier alpha value is -0.710. The standard InChI is InChI=1S/C45H72N6/c1-42(49-34-7-8-34,41(47)39-29-14-26-13-27(16-29)17-30(39)15-26)23-44-20-28-18-31(21-44)40(48-25-43(2,32-3-4-32)50-35-9-10-35)37(19-28)38(44)22-45(24-46,33-5-6-33)51-36-11-12-36/h26-41,48-51H,3-23,25,47H2,1-2H3. The zero-order valence-corrected chi connectivity index (χ0v) is 32.3. The first-order valence-corrected chi connectivity index (χ1v) is 22.9. The van der Waals surface area contributed by atoms with E-state index < -0.39 is 0 Å². The van der Waals surface area contributed by atoms with Gasteiger partial charge in [0.1, 0.15) is 5.54 Å². The number of nitrogens with zero attached hydrogens (tertiary/aromatic N) is 1. The molecule has 0 aliphatic heterocycles. The van der Waals surface area contributed by atoms with Gasteiger partial charge < -0.3 is 21.7 Å². The van der Waals surface area contributed by atoms with Crippen LogP contribution < -0.4 is 27.0 Å². The molecule has 6 heteroatoms. The first-order chi connectivity index (χ1) is 24.6. The summed E-state index contributed by atoms with van der Waals surface area (Å²) in [5.41, 5.74) is 8.04. The largest absolute Gasteiger partial charge is 0.326 e. The molecule has 6 N–H and O–H groups in total. The zero-order chi connectivity index (χ0) is 34.3. The predicted molar refractivity (Wildman–Crippen MR) is 203 cm³/mol. The first kappa shape index (κ1) is 33.6. The van der Waals surface area contributed by atoms with Crippen LogP contribution in [0.3, 0.4) is 0 Å². The molecule has 0 radical (unpaired) electrons. The van der Waals surface area contributed by atoms with E-state index in [-0.39, 0.29) is 22.7 Å². The topological polar surface area (TPSA) is 97.9 Å². The van der Waals surface area contributed by atoms with Crippen molar-refractivity contribution < 1.29 is 0 Å². The lowest BCUT2D eigenvalue weighted by Gasteiger charge is -2.67. The van der Waals surface area contributed by atoms with Crippen LogP contribution in [0.5, 0.6) is 0 Å². The molecule has 0 saturated heterocycles. The molecule has 13 rings (SSSR count). The molecule has 282 valence electrons. The highest BCUT2D eigenvalue weighted by Crippen LogP contribution is 2.68. The van der Waals surface area contributed by atoms with Gasteiger partial charge in [-0.2, -0.15) is 5.26 Å². The smallest absolute Gasteiger partial charge is 0.110 e. The Morgan fingerprint density at radius 1 is 0.706 bits per heavy atom. The quantitative estimate of drug-likeness (QED) is 0.112. The van der Waals surface area contributed by atoms with Crippen molar-refractivity contribution in [1.82, 2.24) is 21.3 Å². The SMILES string of the molecule is CC(CNC1C2CC3CC1C(CC(C#N)(NC1CC1)C1CC1)C(CC(C)(NC1CC1)C(N)C1C4CC5CC(C4)CC1C5)(C3)C2)(NC1CC1)C1CC1. The maximum absolute atomic E-state index is 11.2. The summed E-state index contributed by atoms with van der Waals surface area (Å²) < 4.78 is 0. The number of nitriles is 1. The highest BCUT2D eigenvalue weighted by molar-refractivity contribution is 5.23. The first-order valence-electron chi connectivity index (χ1n) is 22.9. The molecule has 0 aromatic rings. The maximum atomic E-state index is 11.2. The Morgan fingerprint density at radius 2 is 1.31 bits per heavy atom. The third kappa shape index (κ3) is 6.02. The van der Waals surface area contributed by atoms with Crippen LogP contribution in [0.1, 0.15) is 149 Å². The van der Waals surface area contributed by atoms with Crippen molar-refractivity contribution in [2.75, 3.05) is 6.54 Å². The van der Waals surface area contributed by atoms with E-state index in [1.165, 1.54) is 128 Å². The van der Waals surface area contributed by atoms with Crippen molar-refractivity contribution in [3.05, 3.63) is 0 Å². The van der Waals surface area contributed by atoms with Gasteiger partial charge in [0.25, 0.3) is 0 Å². The second-order valence-corrected chi connectivity index (χ2v) is 22.7. The average molecular weight is 697 g/mol. The van der Waals surface area contributed by atoms with Crippen LogP contribution in [-0.4, -0.2) is 53.4 Å². The van der Waals surface area contributed by atoms with Crippen LogP contribution in [0, 0.1) is 81.8 Å². The molecule has 0 heterocycles. The Labute approximate surface area is 310 Å². The summed E-state index contributed by atoms with van der Waals surface area (Å²) in [4.78, 5) is 0. The van der Waals surface area contributed by atoms with Crippen LogP contribution >= 0.6 is 0 Å². The zero-order valence-electron chi connectivity index (χ0n) is 32.3. The van der Waals surface area contributed by atoms with E-state index in [2.05, 4.69) is 41.2 Å². The lowest BCUT2D eigenvalue weighted by Crippen LogP contribution is -2.70. The van der Waals surface area contributed by atoms with Gasteiger partial charge in [0.15, 0.2) is 0 Å². The van der Waals surface area contributed by atoms with Crippen LogP contribution in [0.15, 0.2) is 0 Å². The van der Waals surface area contributed by atoms with Gasteiger partial charge in [-0.1, -0.05) is 0 Å². The highest BCUT2D eigenvalue weighted by Gasteiger charge is 2.66. The molecule has 10 unspecified atom stereocenters. The summed E-state index contributed by atoms with van der Waals surface area (Å²) in [6.45, 7) is 6.32. The number of hydrogen-bond donors (Lipinski definition) is 5. The molecular weight excluding hydrogens is 625 g/mol. The van der Waals surface area contributed by atoms with Gasteiger partial charge in [-0.3, -0.25) is 5.32 Å². The number of hydrogen-bond acceptors (Lipinski definition) is 6. The van der Waals surface area contributed by atoms with E-state index in [1.807, 2.05) is 0 Å². The van der Waals surface area contributed by atoms with Crippen molar-refractivity contribution >= 4 is 0 Å². The lowest BCUT2D eigenvalue weighted by molar-refractivity contribution is -0.155. The molecule has 0 aromatic heterocycles. The van der Waals surface area contributed by atoms with E-state index >= 15 is 0 Å². The minimum absolute atomic E-state index is 0.0222. The van der Waals surface area contributed by atoms with Crippen molar-refractivity contribution in [1.29, 1.82) is 5.26 Å². The fraction of sp³-hybridized carbons (Fsp3) is 0.978. The molecule has 13 fully saturated rings. The number of nitrogens with two attached hydrogens (primary N) is 1. The third-order valence-electron chi connectivity index (χ3n) is 18.5. The second kappa shape index (κ2) is 11.9. The minimum Gasteiger partial charge on any atom is -0.326 e. The predicted octanol–water partition coefficient (Wildman–Crippen LogP) is 7.03. The fourth-order valence-electron chi connectivity index (χ4n) is 16.0. The molecule has 13 saturated carbocycles. The normalized spacial score (nSPS) is 47.8. The molecule has 10 atom stereocenters. The van der Waals surface area contributed by atoms with Gasteiger partial charge in [0.2, 0.25) is 0 Å². The van der Waals surface area contributed by atoms with Gasteiger partial charge in [-0.15, -0.1) is 0 Å². The third-order valence-corrected chi connectivity index (χ3v) is 18.5. The maximum Gasteiger partial charge on any atom is 0.110 e. The van der Waals surface area contributed by atoms with Crippen molar-refractivity contribution in [3.63, 3.8) is 0 Å². The summed E-state index contributed by atoms with van der Waals surface area (Å²) >= 11 is 0. The molecule has 13 aliphatic rings. The van der Waals surface area contributed by atoms with E-state index in [0.29, 0.717) is 47.2 Å². The Morgan fingerprint density at radius 3 is 1.92 bits per heavy atom. The Bertz CT molecular complexity index is 1360. The fourth-order valence-corrected chi connectivity index (χ4v) is 16.0. The lowest BCUT2D eigenvalue weighted by atomic mass is 9.40. The second-order valence-electron chi connectivity index (χ2n) is 22.7. The Balaban J connectivity index is 0.927. The van der Waals surface area contributed by atoms with Gasteiger partial charge >= 0.3 is 0 Å². The van der Waals surface area contributed by atoms with E-state index in [0.717, 1.165) is 60.4 Å². The molecule has 6 nitrogen and oxygen atoms in total. The van der Waals surface area contributed by atoms with Crippen LogP contribution in [-0.2, 0) is 0 Å². The van der Waals surface area contributed by atoms with Crippen molar-refractivity contribution in [3.8, 4) is 6.07 Å². The molecule has 0 spiro atoms. The summed E-state index contributed by atoms with van der Waals surface area (Å²) in [5.74, 6) is 8.76. The average Bonchev–Trinajstić information content (AvgIpc) is 3.88. The van der Waals surface area contributed by atoms with Crippen LogP contribution in [0.25, 0.3) is 0 Å². The van der Waals surface area contributed by atoms with Crippen LogP contribution in [0.4, 0.5) is 0 Å². The van der Waals surface area contributed by atoms with E-state index in [4.69, 9.17) is 5.73 Å². The number of rotatable bonds is 17. The van der Waals surface area contributed by atoms with Crippen LogP contribution in [0.2, 0.25) is 0 Å². The van der Waals surface area contributed by atoms with Crippen molar-refractivity contribution in [2.24, 2.45) is 76.2 Å². The number of nitrogens with one attached hydrogen (secondary N) is 4. The summed E-state index contributed by atoms with van der Waals surface area (Å²) in [5, 5.41) is 28.3. The van der Waals surface area contributed by atoms with Crippen molar-refractivity contribution in [2.45, 2.75) is 196 Å². The minimum atomic E-state index is -0.335. The summed E-state index contributed by atoms with van der Waals surface area (Å²) in [6.07, 6.45) is 28.5. The molecular formula is C45H72N6. The summed E-state index contributed by atoms with van der Waals surface area (Å²) in [6, 6.07) is 5.93. The summed E-state index contributed by atoms with van der Waals surface area (Å²) in [7, 11) is 0.